The Bertz CT molecular complexity index is 586. The molecule has 2 unspecified atom stereocenters. The van der Waals surface area contributed by atoms with Crippen LogP contribution in [0.25, 0.3) is 0 Å². The number of rotatable bonds is 2. The number of carbonyl (C=O) groups is 1. The highest BCUT2D eigenvalue weighted by Gasteiger charge is 2.37. The molecule has 6 heteroatoms. The van der Waals surface area contributed by atoms with Gasteiger partial charge in [0.25, 0.3) is 0 Å². The lowest BCUT2D eigenvalue weighted by Gasteiger charge is -2.27. The zero-order valence-electron chi connectivity index (χ0n) is 10.2. The molecule has 1 aliphatic rings. The first-order chi connectivity index (χ1) is 8.93. The Morgan fingerprint density at radius 3 is 2.84 bits per heavy atom. The highest BCUT2D eigenvalue weighted by atomic mass is 19.1. The zero-order valence-corrected chi connectivity index (χ0v) is 10.2. The average molecular weight is 261 g/mol. The van der Waals surface area contributed by atoms with Crippen molar-refractivity contribution in [1.29, 1.82) is 0 Å². The molecular formula is C13H12FN3O2. The maximum atomic E-state index is 13.3. The number of phenolic OH excluding ortho intramolecular Hbond substituents is 1. The topological polar surface area (TPSA) is 78.9 Å². The van der Waals surface area contributed by atoms with Crippen molar-refractivity contribution in [3.63, 3.8) is 0 Å². The van der Waals surface area contributed by atoms with Crippen molar-refractivity contribution in [3.8, 4) is 18.1 Å². The van der Waals surface area contributed by atoms with Crippen LogP contribution < -0.4 is 5.73 Å². The number of benzene rings is 1. The predicted molar refractivity (Wildman–Crippen MR) is 68.0 cm³/mol. The van der Waals surface area contributed by atoms with E-state index in [2.05, 4.69) is 10.9 Å². The second-order valence-corrected chi connectivity index (χ2v) is 4.21. The summed E-state index contributed by atoms with van der Waals surface area (Å²) in [6.45, 7) is 1.64. The SMILES string of the molecule is C#CC(C)N1C(=O)N=C(N)C1c1cc(O)cc(F)c1. The summed E-state index contributed by atoms with van der Waals surface area (Å²) >= 11 is 0. The molecule has 2 atom stereocenters. The number of aromatic hydroxyl groups is 1. The molecular weight excluding hydrogens is 249 g/mol. The van der Waals surface area contributed by atoms with Crippen LogP contribution in [-0.4, -0.2) is 27.9 Å². The van der Waals surface area contributed by atoms with Gasteiger partial charge in [-0.05, 0) is 24.6 Å². The molecule has 0 radical (unpaired) electrons. The van der Waals surface area contributed by atoms with Crippen molar-refractivity contribution in [1.82, 2.24) is 4.90 Å². The fraction of sp³-hybridized carbons (Fsp3) is 0.231. The van der Waals surface area contributed by atoms with Crippen molar-refractivity contribution in [2.45, 2.75) is 19.0 Å². The molecule has 0 saturated heterocycles. The van der Waals surface area contributed by atoms with Crippen molar-refractivity contribution in [2.75, 3.05) is 0 Å². The summed E-state index contributed by atoms with van der Waals surface area (Å²) in [4.78, 5) is 16.7. The number of hydrogen-bond acceptors (Lipinski definition) is 3. The molecule has 2 rings (SSSR count). The number of nitrogens with zero attached hydrogens (tertiary/aromatic N) is 2. The second kappa shape index (κ2) is 4.61. The third-order valence-corrected chi connectivity index (χ3v) is 2.88. The molecule has 1 heterocycles. The lowest BCUT2D eigenvalue weighted by Crippen LogP contribution is -2.39. The molecule has 98 valence electrons. The first kappa shape index (κ1) is 12.9. The van der Waals surface area contributed by atoms with Gasteiger partial charge in [0.05, 0.1) is 6.04 Å². The number of phenols is 1. The zero-order chi connectivity index (χ0) is 14.2. The van der Waals surface area contributed by atoms with Gasteiger partial charge in [-0.2, -0.15) is 4.99 Å². The summed E-state index contributed by atoms with van der Waals surface area (Å²) in [7, 11) is 0. The summed E-state index contributed by atoms with van der Waals surface area (Å²) < 4.78 is 13.3. The summed E-state index contributed by atoms with van der Waals surface area (Å²) in [6.07, 6.45) is 5.30. The quantitative estimate of drug-likeness (QED) is 0.789. The summed E-state index contributed by atoms with van der Waals surface area (Å²) in [5, 5.41) is 9.42. The van der Waals surface area contributed by atoms with Gasteiger partial charge in [0, 0.05) is 6.07 Å². The van der Waals surface area contributed by atoms with Crippen molar-refractivity contribution >= 4 is 11.9 Å². The Balaban J connectivity index is 2.49. The molecule has 19 heavy (non-hydrogen) atoms. The van der Waals surface area contributed by atoms with E-state index in [9.17, 15) is 14.3 Å². The molecule has 0 spiro atoms. The largest absolute Gasteiger partial charge is 0.508 e. The molecule has 3 N–H and O–H groups in total. The third kappa shape index (κ3) is 2.22. The van der Waals surface area contributed by atoms with E-state index in [4.69, 9.17) is 12.2 Å². The molecule has 0 bridgehead atoms. The smallest absolute Gasteiger partial charge is 0.347 e. The number of terminal acetylenes is 1. The Kier molecular flexibility index (Phi) is 3.13. The molecule has 1 aliphatic heterocycles. The highest BCUT2D eigenvalue weighted by molar-refractivity contribution is 6.03. The predicted octanol–water partition coefficient (Wildman–Crippen LogP) is 1.39. The fourth-order valence-electron chi connectivity index (χ4n) is 2.04. The molecule has 0 aliphatic carbocycles. The van der Waals surface area contributed by atoms with Gasteiger partial charge in [-0.1, -0.05) is 5.92 Å². The number of aliphatic imine (C=N–C) groups is 1. The van der Waals surface area contributed by atoms with Gasteiger partial charge in [0.2, 0.25) is 0 Å². The summed E-state index contributed by atoms with van der Waals surface area (Å²) in [5.41, 5.74) is 6.02. The Morgan fingerprint density at radius 1 is 1.58 bits per heavy atom. The van der Waals surface area contributed by atoms with Crippen LogP contribution in [0.3, 0.4) is 0 Å². The van der Waals surface area contributed by atoms with Crippen LogP contribution in [0.5, 0.6) is 5.75 Å². The van der Waals surface area contributed by atoms with Crippen LogP contribution in [0, 0.1) is 18.2 Å². The van der Waals surface area contributed by atoms with Crippen LogP contribution in [0.1, 0.15) is 18.5 Å². The van der Waals surface area contributed by atoms with Gasteiger partial charge in [-0.15, -0.1) is 6.42 Å². The number of amides is 2. The minimum absolute atomic E-state index is 0.0251. The van der Waals surface area contributed by atoms with E-state index in [0.717, 1.165) is 6.07 Å². The average Bonchev–Trinajstić information content (AvgIpc) is 2.62. The Morgan fingerprint density at radius 2 is 2.26 bits per heavy atom. The standard InChI is InChI=1S/C13H12FN3O2/c1-3-7(2)17-11(12(15)16-13(17)19)8-4-9(14)6-10(18)5-8/h1,4-7,11,18H,2H3,(H2,15,16,19). The van der Waals surface area contributed by atoms with E-state index >= 15 is 0 Å². The summed E-state index contributed by atoms with van der Waals surface area (Å²) in [6, 6.07) is 1.58. The van der Waals surface area contributed by atoms with Gasteiger partial charge in [0.1, 0.15) is 23.4 Å². The van der Waals surface area contributed by atoms with Crippen LogP contribution in [0.2, 0.25) is 0 Å². The minimum Gasteiger partial charge on any atom is -0.508 e. The number of halogens is 1. The Hall–Kier alpha value is -2.55. The lowest BCUT2D eigenvalue weighted by molar-refractivity contribution is 0.198. The highest BCUT2D eigenvalue weighted by Crippen LogP contribution is 2.31. The van der Waals surface area contributed by atoms with E-state index in [1.807, 2.05) is 0 Å². The van der Waals surface area contributed by atoms with Crippen LogP contribution in [-0.2, 0) is 0 Å². The first-order valence-electron chi connectivity index (χ1n) is 5.56. The molecule has 0 aromatic heterocycles. The monoisotopic (exact) mass is 261 g/mol. The van der Waals surface area contributed by atoms with Crippen LogP contribution >= 0.6 is 0 Å². The lowest BCUT2D eigenvalue weighted by atomic mass is 10.0. The van der Waals surface area contributed by atoms with Crippen LogP contribution in [0.15, 0.2) is 23.2 Å². The minimum atomic E-state index is -0.764. The molecule has 5 nitrogen and oxygen atoms in total. The number of amidine groups is 1. The van der Waals surface area contributed by atoms with Crippen molar-refractivity contribution in [3.05, 3.63) is 29.6 Å². The number of nitrogens with two attached hydrogens (primary N) is 1. The van der Waals surface area contributed by atoms with Crippen molar-refractivity contribution in [2.24, 2.45) is 10.7 Å². The van der Waals surface area contributed by atoms with E-state index in [1.165, 1.54) is 17.0 Å². The normalized spacial score (nSPS) is 20.1. The third-order valence-electron chi connectivity index (χ3n) is 2.88. The fourth-order valence-corrected chi connectivity index (χ4v) is 2.04. The van der Waals surface area contributed by atoms with E-state index in [1.54, 1.807) is 6.92 Å². The van der Waals surface area contributed by atoms with Gasteiger partial charge in [-0.3, -0.25) is 4.90 Å². The molecule has 1 aromatic carbocycles. The summed E-state index contributed by atoms with van der Waals surface area (Å²) in [5.74, 6) is 1.55. The maximum absolute atomic E-state index is 13.3. The molecule has 2 amide bonds. The number of urea groups is 1. The Labute approximate surface area is 109 Å². The van der Waals surface area contributed by atoms with E-state index in [-0.39, 0.29) is 11.6 Å². The van der Waals surface area contributed by atoms with E-state index < -0.39 is 23.9 Å². The molecule has 0 saturated carbocycles. The van der Waals surface area contributed by atoms with Gasteiger partial charge in [0.15, 0.2) is 0 Å². The first-order valence-corrected chi connectivity index (χ1v) is 5.56. The number of hydrogen-bond donors (Lipinski definition) is 2. The van der Waals surface area contributed by atoms with Gasteiger partial charge in [-0.25, -0.2) is 9.18 Å². The van der Waals surface area contributed by atoms with E-state index in [0.29, 0.717) is 5.56 Å². The van der Waals surface area contributed by atoms with Gasteiger partial charge < -0.3 is 10.8 Å². The molecule has 1 aromatic rings. The van der Waals surface area contributed by atoms with Crippen molar-refractivity contribution < 1.29 is 14.3 Å². The number of carbonyl (C=O) groups excluding carboxylic acids is 1. The molecule has 0 fully saturated rings. The maximum Gasteiger partial charge on any atom is 0.347 e. The van der Waals surface area contributed by atoms with Crippen LogP contribution in [0.4, 0.5) is 9.18 Å². The van der Waals surface area contributed by atoms with Gasteiger partial charge >= 0.3 is 6.03 Å². The second-order valence-electron chi connectivity index (χ2n) is 4.21.